The van der Waals surface area contributed by atoms with Crippen LogP contribution in [0.3, 0.4) is 0 Å². The highest BCUT2D eigenvalue weighted by atomic mass is 19.1. The molecule has 1 saturated heterocycles. The summed E-state index contributed by atoms with van der Waals surface area (Å²) in [7, 11) is 0. The summed E-state index contributed by atoms with van der Waals surface area (Å²) in [6.45, 7) is 0.305. The molecule has 2 atom stereocenters. The Morgan fingerprint density at radius 3 is 2.59 bits per heavy atom. The zero-order chi connectivity index (χ0) is 18.6. The number of rotatable bonds is 5. The second-order valence-electron chi connectivity index (χ2n) is 7.37. The molecule has 2 heterocycles. The van der Waals surface area contributed by atoms with Gasteiger partial charge in [-0.05, 0) is 49.3 Å². The van der Waals surface area contributed by atoms with E-state index in [4.69, 9.17) is 4.74 Å². The van der Waals surface area contributed by atoms with Crippen LogP contribution in [0, 0.1) is 5.82 Å². The van der Waals surface area contributed by atoms with Gasteiger partial charge < -0.3 is 4.74 Å². The first kappa shape index (κ1) is 17.8. The maximum atomic E-state index is 13.8. The van der Waals surface area contributed by atoms with Crippen LogP contribution >= 0.6 is 0 Å². The number of fused-ring (bicyclic) bond motifs is 2. The van der Waals surface area contributed by atoms with Crippen LogP contribution in [-0.2, 0) is 17.8 Å². The number of carbonyl (C=O) groups excluding carboxylic acids is 1. The SMILES string of the molecule is O=C(OCc1ccccc1)N1C2C=C(CCc3ccccc3F)CC1CC2. The lowest BCUT2D eigenvalue weighted by Crippen LogP contribution is -2.43. The molecule has 27 heavy (non-hydrogen) atoms. The molecule has 0 saturated carbocycles. The summed E-state index contributed by atoms with van der Waals surface area (Å²) in [5.41, 5.74) is 3.09. The van der Waals surface area contributed by atoms with E-state index in [9.17, 15) is 9.18 Å². The Bertz CT molecular complexity index is 833. The van der Waals surface area contributed by atoms with Crippen molar-refractivity contribution < 1.29 is 13.9 Å². The third-order valence-electron chi connectivity index (χ3n) is 5.56. The van der Waals surface area contributed by atoms with Crippen LogP contribution in [0.25, 0.3) is 0 Å². The molecule has 3 nitrogen and oxygen atoms in total. The maximum Gasteiger partial charge on any atom is 0.410 e. The molecule has 0 aliphatic carbocycles. The number of nitrogens with zero attached hydrogens (tertiary/aromatic N) is 1. The Morgan fingerprint density at radius 2 is 1.81 bits per heavy atom. The lowest BCUT2D eigenvalue weighted by atomic mass is 9.95. The minimum atomic E-state index is -0.226. The van der Waals surface area contributed by atoms with Gasteiger partial charge in [0.1, 0.15) is 12.4 Å². The number of hydrogen-bond acceptors (Lipinski definition) is 2. The van der Waals surface area contributed by atoms with Gasteiger partial charge in [-0.25, -0.2) is 9.18 Å². The molecular formula is C23H24FNO2. The predicted molar refractivity (Wildman–Crippen MR) is 103 cm³/mol. The molecule has 2 aromatic rings. The molecule has 2 aliphatic rings. The van der Waals surface area contributed by atoms with Gasteiger partial charge in [0.2, 0.25) is 0 Å². The molecule has 0 radical (unpaired) electrons. The maximum absolute atomic E-state index is 13.8. The summed E-state index contributed by atoms with van der Waals surface area (Å²) >= 11 is 0. The molecule has 0 N–H and O–H groups in total. The highest BCUT2D eigenvalue weighted by Gasteiger charge is 2.40. The van der Waals surface area contributed by atoms with E-state index in [1.165, 1.54) is 11.6 Å². The lowest BCUT2D eigenvalue weighted by Gasteiger charge is -2.33. The number of aryl methyl sites for hydroxylation is 1. The Kier molecular flexibility index (Phi) is 5.23. The summed E-state index contributed by atoms with van der Waals surface area (Å²) in [4.78, 5) is 14.5. The summed E-state index contributed by atoms with van der Waals surface area (Å²) in [6.07, 6.45) is 6.38. The fourth-order valence-corrected chi connectivity index (χ4v) is 4.18. The van der Waals surface area contributed by atoms with Crippen LogP contribution in [-0.4, -0.2) is 23.1 Å². The number of carbonyl (C=O) groups is 1. The van der Waals surface area contributed by atoms with Crippen molar-refractivity contribution in [3.8, 4) is 0 Å². The van der Waals surface area contributed by atoms with E-state index in [0.29, 0.717) is 13.0 Å². The average Bonchev–Trinajstić information content (AvgIpc) is 2.96. The molecular weight excluding hydrogens is 341 g/mol. The molecule has 2 aliphatic heterocycles. The lowest BCUT2D eigenvalue weighted by molar-refractivity contribution is 0.0815. The van der Waals surface area contributed by atoms with Gasteiger partial charge in [0.15, 0.2) is 0 Å². The van der Waals surface area contributed by atoms with E-state index in [-0.39, 0.29) is 24.0 Å². The number of benzene rings is 2. The highest BCUT2D eigenvalue weighted by Crippen LogP contribution is 2.36. The van der Waals surface area contributed by atoms with Crippen molar-refractivity contribution in [2.45, 2.75) is 50.8 Å². The van der Waals surface area contributed by atoms with Gasteiger partial charge >= 0.3 is 6.09 Å². The first-order valence-corrected chi connectivity index (χ1v) is 9.62. The van der Waals surface area contributed by atoms with Crippen molar-refractivity contribution in [2.75, 3.05) is 0 Å². The third-order valence-corrected chi connectivity index (χ3v) is 5.56. The van der Waals surface area contributed by atoms with E-state index in [1.54, 1.807) is 6.07 Å². The monoisotopic (exact) mass is 365 g/mol. The van der Waals surface area contributed by atoms with Crippen molar-refractivity contribution >= 4 is 6.09 Å². The molecule has 2 aromatic carbocycles. The second-order valence-corrected chi connectivity index (χ2v) is 7.37. The zero-order valence-corrected chi connectivity index (χ0v) is 15.3. The van der Waals surface area contributed by atoms with Gasteiger partial charge in [-0.15, -0.1) is 0 Å². The Morgan fingerprint density at radius 1 is 1.04 bits per heavy atom. The first-order chi connectivity index (χ1) is 13.2. The molecule has 2 unspecified atom stereocenters. The standard InChI is InChI=1S/C23H24FNO2/c24-22-9-5-4-8-19(22)11-10-18-14-20-12-13-21(15-18)25(20)23(26)27-16-17-6-2-1-3-7-17/h1-9,14,20-21H,10-13,15-16H2. The molecule has 1 amide bonds. The smallest absolute Gasteiger partial charge is 0.410 e. The fraction of sp³-hybridized carbons (Fsp3) is 0.348. The largest absolute Gasteiger partial charge is 0.445 e. The van der Waals surface area contributed by atoms with Crippen LogP contribution in [0.1, 0.15) is 36.8 Å². The van der Waals surface area contributed by atoms with E-state index in [1.807, 2.05) is 47.4 Å². The minimum Gasteiger partial charge on any atom is -0.445 e. The summed E-state index contributed by atoms with van der Waals surface area (Å²) in [5, 5.41) is 0. The van der Waals surface area contributed by atoms with Crippen LogP contribution in [0.5, 0.6) is 0 Å². The van der Waals surface area contributed by atoms with Gasteiger partial charge in [-0.1, -0.05) is 60.2 Å². The fourth-order valence-electron chi connectivity index (χ4n) is 4.18. The van der Waals surface area contributed by atoms with Crippen LogP contribution < -0.4 is 0 Å². The topological polar surface area (TPSA) is 29.5 Å². The van der Waals surface area contributed by atoms with Crippen LogP contribution in [0.15, 0.2) is 66.2 Å². The average molecular weight is 365 g/mol. The Hall–Kier alpha value is -2.62. The van der Waals surface area contributed by atoms with E-state index < -0.39 is 0 Å². The second kappa shape index (κ2) is 7.95. The van der Waals surface area contributed by atoms with Gasteiger partial charge in [0.05, 0.1) is 6.04 Å². The number of hydrogen-bond donors (Lipinski definition) is 0. The van der Waals surface area contributed by atoms with E-state index in [0.717, 1.165) is 36.8 Å². The molecule has 0 spiro atoms. The normalized spacial score (nSPS) is 21.1. The van der Waals surface area contributed by atoms with Gasteiger partial charge in [0, 0.05) is 6.04 Å². The summed E-state index contributed by atoms with van der Waals surface area (Å²) in [5.74, 6) is -0.136. The first-order valence-electron chi connectivity index (χ1n) is 9.62. The Balaban J connectivity index is 1.36. The minimum absolute atomic E-state index is 0.114. The van der Waals surface area contributed by atoms with Crippen LogP contribution in [0.4, 0.5) is 9.18 Å². The van der Waals surface area contributed by atoms with Crippen molar-refractivity contribution in [3.63, 3.8) is 0 Å². The van der Waals surface area contributed by atoms with E-state index >= 15 is 0 Å². The molecule has 4 rings (SSSR count). The molecule has 1 fully saturated rings. The van der Waals surface area contributed by atoms with E-state index in [2.05, 4.69) is 6.08 Å². The summed E-state index contributed by atoms with van der Waals surface area (Å²) in [6, 6.07) is 17.0. The van der Waals surface area contributed by atoms with Gasteiger partial charge in [-0.2, -0.15) is 0 Å². The quantitative estimate of drug-likeness (QED) is 0.677. The van der Waals surface area contributed by atoms with Gasteiger partial charge in [-0.3, -0.25) is 4.90 Å². The number of halogens is 1. The van der Waals surface area contributed by atoms with Gasteiger partial charge in [0.25, 0.3) is 0 Å². The predicted octanol–water partition coefficient (Wildman–Crippen LogP) is 5.26. The highest BCUT2D eigenvalue weighted by molar-refractivity contribution is 5.70. The Labute approximate surface area is 159 Å². The molecule has 0 aromatic heterocycles. The summed E-state index contributed by atoms with van der Waals surface area (Å²) < 4.78 is 19.4. The van der Waals surface area contributed by atoms with Crippen molar-refractivity contribution in [2.24, 2.45) is 0 Å². The number of ether oxygens (including phenoxy) is 1. The molecule has 4 heteroatoms. The van der Waals surface area contributed by atoms with Crippen molar-refractivity contribution in [1.82, 2.24) is 4.90 Å². The molecule has 2 bridgehead atoms. The van der Waals surface area contributed by atoms with Crippen LogP contribution in [0.2, 0.25) is 0 Å². The van der Waals surface area contributed by atoms with Crippen molar-refractivity contribution in [1.29, 1.82) is 0 Å². The molecule has 140 valence electrons. The zero-order valence-electron chi connectivity index (χ0n) is 15.3. The number of amides is 1. The van der Waals surface area contributed by atoms with Crippen molar-refractivity contribution in [3.05, 3.63) is 83.2 Å². The third kappa shape index (κ3) is 4.05.